The zero-order valence-corrected chi connectivity index (χ0v) is 14.4. The molecule has 23 heavy (non-hydrogen) atoms. The minimum Gasteiger partial charge on any atom is -0.491 e. The number of hydrogen-bond acceptors (Lipinski definition) is 3. The maximum atomic E-state index is 12.2. The van der Waals surface area contributed by atoms with E-state index in [4.69, 9.17) is 10.5 Å². The summed E-state index contributed by atoms with van der Waals surface area (Å²) in [7, 11) is 0. The van der Waals surface area contributed by atoms with E-state index in [9.17, 15) is 4.79 Å². The summed E-state index contributed by atoms with van der Waals surface area (Å²) in [6, 6.07) is 13.1. The zero-order valence-electron chi connectivity index (χ0n) is 13.6. The molecule has 2 aromatic rings. The molecule has 0 saturated carbocycles. The van der Waals surface area contributed by atoms with Gasteiger partial charge in [0, 0.05) is 17.8 Å². The van der Waals surface area contributed by atoms with Gasteiger partial charge in [-0.2, -0.15) is 0 Å². The van der Waals surface area contributed by atoms with Crippen molar-refractivity contribution in [2.75, 3.05) is 5.73 Å². The molecule has 0 radical (unpaired) electrons. The van der Waals surface area contributed by atoms with Gasteiger partial charge in [-0.1, -0.05) is 18.2 Å². The van der Waals surface area contributed by atoms with Crippen molar-refractivity contribution >= 4 is 24.0 Å². The fourth-order valence-electron chi connectivity index (χ4n) is 2.12. The fourth-order valence-corrected chi connectivity index (χ4v) is 2.12. The molecule has 124 valence electrons. The van der Waals surface area contributed by atoms with Crippen molar-refractivity contribution in [3.05, 3.63) is 59.2 Å². The van der Waals surface area contributed by atoms with Gasteiger partial charge in [0.15, 0.2) is 0 Å². The lowest BCUT2D eigenvalue weighted by Gasteiger charge is -2.11. The monoisotopic (exact) mass is 334 g/mol. The molecule has 0 aliphatic heterocycles. The number of anilines is 1. The van der Waals surface area contributed by atoms with Gasteiger partial charge in [0.25, 0.3) is 5.91 Å². The molecule has 1 amide bonds. The van der Waals surface area contributed by atoms with Crippen LogP contribution in [0.1, 0.15) is 35.3 Å². The van der Waals surface area contributed by atoms with Gasteiger partial charge in [-0.25, -0.2) is 0 Å². The van der Waals surface area contributed by atoms with E-state index in [0.29, 0.717) is 17.8 Å². The highest BCUT2D eigenvalue weighted by Gasteiger charge is 2.09. The fraction of sp³-hybridized carbons (Fsp3) is 0.278. The molecular formula is C18H23ClN2O2. The van der Waals surface area contributed by atoms with Crippen molar-refractivity contribution in [2.45, 2.75) is 33.4 Å². The third-order valence-corrected chi connectivity index (χ3v) is 3.25. The molecule has 0 aliphatic rings. The highest BCUT2D eigenvalue weighted by atomic mass is 35.5. The zero-order chi connectivity index (χ0) is 16.1. The maximum absolute atomic E-state index is 12.2. The predicted octanol–water partition coefficient (Wildman–Crippen LogP) is 3.72. The Hall–Kier alpha value is -2.20. The standard InChI is InChI=1S/C18H22N2O2.ClH/c1-12(2)22-16-8-5-14(6-9-16)11-20-18(21)17-10-15(19)7-4-13(17)3;/h4-10,12H,11,19H2,1-3H3,(H,20,21);1H. The number of carbonyl (C=O) groups is 1. The van der Waals surface area contributed by atoms with E-state index >= 15 is 0 Å². The van der Waals surface area contributed by atoms with Crippen molar-refractivity contribution in [2.24, 2.45) is 0 Å². The van der Waals surface area contributed by atoms with Crippen LogP contribution in [0.2, 0.25) is 0 Å². The summed E-state index contributed by atoms with van der Waals surface area (Å²) in [5.41, 5.74) is 8.86. The van der Waals surface area contributed by atoms with Crippen molar-refractivity contribution in [1.82, 2.24) is 5.32 Å². The number of nitrogens with one attached hydrogen (secondary N) is 1. The quantitative estimate of drug-likeness (QED) is 0.819. The summed E-state index contributed by atoms with van der Waals surface area (Å²) in [5, 5.41) is 2.91. The van der Waals surface area contributed by atoms with Crippen LogP contribution >= 0.6 is 12.4 Å². The third kappa shape index (κ3) is 5.49. The summed E-state index contributed by atoms with van der Waals surface area (Å²) in [6.07, 6.45) is 0.150. The highest BCUT2D eigenvalue weighted by Crippen LogP contribution is 2.15. The molecule has 0 saturated heterocycles. The number of ether oxygens (including phenoxy) is 1. The van der Waals surface area contributed by atoms with Crippen LogP contribution in [0.25, 0.3) is 0 Å². The molecule has 3 N–H and O–H groups in total. The third-order valence-electron chi connectivity index (χ3n) is 3.25. The normalized spacial score (nSPS) is 10.1. The highest BCUT2D eigenvalue weighted by molar-refractivity contribution is 5.96. The van der Waals surface area contributed by atoms with Gasteiger partial charge in [0.1, 0.15) is 5.75 Å². The molecule has 2 aromatic carbocycles. The van der Waals surface area contributed by atoms with Gasteiger partial charge in [0.05, 0.1) is 6.10 Å². The van der Waals surface area contributed by atoms with Crippen LogP contribution in [-0.4, -0.2) is 12.0 Å². The summed E-state index contributed by atoms with van der Waals surface area (Å²) in [5.74, 6) is 0.712. The number of nitrogens with two attached hydrogens (primary N) is 1. The Morgan fingerprint density at radius 3 is 2.43 bits per heavy atom. The van der Waals surface area contributed by atoms with E-state index < -0.39 is 0 Å². The first-order valence-electron chi connectivity index (χ1n) is 7.35. The second kappa shape index (κ2) is 8.44. The Morgan fingerprint density at radius 2 is 1.83 bits per heavy atom. The smallest absolute Gasteiger partial charge is 0.251 e. The van der Waals surface area contributed by atoms with Gasteiger partial charge in [-0.05, 0) is 56.2 Å². The van der Waals surface area contributed by atoms with Crippen LogP contribution in [0, 0.1) is 6.92 Å². The van der Waals surface area contributed by atoms with E-state index in [2.05, 4.69) is 5.32 Å². The number of carbonyl (C=O) groups excluding carboxylic acids is 1. The second-order valence-electron chi connectivity index (χ2n) is 5.57. The molecule has 2 rings (SSSR count). The van der Waals surface area contributed by atoms with Crippen LogP contribution < -0.4 is 15.8 Å². The Labute approximate surface area is 143 Å². The topological polar surface area (TPSA) is 64.4 Å². The predicted molar refractivity (Wildman–Crippen MR) is 96.2 cm³/mol. The number of amides is 1. The van der Waals surface area contributed by atoms with Crippen LogP contribution in [0.3, 0.4) is 0 Å². The molecule has 0 heterocycles. The average Bonchev–Trinajstić information content (AvgIpc) is 2.48. The van der Waals surface area contributed by atoms with E-state index in [-0.39, 0.29) is 24.4 Å². The number of hydrogen-bond donors (Lipinski definition) is 2. The van der Waals surface area contributed by atoms with Gasteiger partial charge in [-0.15, -0.1) is 12.4 Å². The maximum Gasteiger partial charge on any atom is 0.251 e. The van der Waals surface area contributed by atoms with Gasteiger partial charge >= 0.3 is 0 Å². The number of halogens is 1. The van der Waals surface area contributed by atoms with Crippen molar-refractivity contribution in [3.8, 4) is 5.75 Å². The Kier molecular flexibility index (Phi) is 6.91. The number of aryl methyl sites for hydroxylation is 1. The lowest BCUT2D eigenvalue weighted by Crippen LogP contribution is -2.23. The van der Waals surface area contributed by atoms with Gasteiger partial charge in [0.2, 0.25) is 0 Å². The molecule has 0 bridgehead atoms. The van der Waals surface area contributed by atoms with Gasteiger partial charge in [-0.3, -0.25) is 4.79 Å². The molecule has 5 heteroatoms. The van der Waals surface area contributed by atoms with E-state index in [1.54, 1.807) is 12.1 Å². The summed E-state index contributed by atoms with van der Waals surface area (Å²) >= 11 is 0. The number of rotatable bonds is 5. The SMILES string of the molecule is Cc1ccc(N)cc1C(=O)NCc1ccc(OC(C)C)cc1.Cl. The summed E-state index contributed by atoms with van der Waals surface area (Å²) < 4.78 is 5.59. The first-order valence-corrected chi connectivity index (χ1v) is 7.35. The van der Waals surface area contributed by atoms with Gasteiger partial charge < -0.3 is 15.8 Å². The first kappa shape index (κ1) is 18.8. The number of benzene rings is 2. The Morgan fingerprint density at radius 1 is 1.17 bits per heavy atom. The van der Waals surface area contributed by atoms with Crippen molar-refractivity contribution in [3.63, 3.8) is 0 Å². The largest absolute Gasteiger partial charge is 0.491 e. The first-order chi connectivity index (χ1) is 10.5. The molecule has 0 aromatic heterocycles. The molecule has 0 fully saturated rings. The average molecular weight is 335 g/mol. The summed E-state index contributed by atoms with van der Waals surface area (Å²) in [4.78, 5) is 12.2. The number of nitrogen functional groups attached to an aromatic ring is 1. The lowest BCUT2D eigenvalue weighted by molar-refractivity contribution is 0.0950. The molecule has 0 atom stereocenters. The molecule has 0 spiro atoms. The Bertz CT molecular complexity index is 655. The van der Waals surface area contributed by atoms with E-state index in [1.165, 1.54) is 0 Å². The van der Waals surface area contributed by atoms with Crippen LogP contribution in [0.15, 0.2) is 42.5 Å². The van der Waals surface area contributed by atoms with E-state index in [1.807, 2.05) is 51.1 Å². The van der Waals surface area contributed by atoms with E-state index in [0.717, 1.165) is 16.9 Å². The van der Waals surface area contributed by atoms with Crippen LogP contribution in [-0.2, 0) is 6.54 Å². The van der Waals surface area contributed by atoms with Crippen LogP contribution in [0.5, 0.6) is 5.75 Å². The van der Waals surface area contributed by atoms with Crippen molar-refractivity contribution < 1.29 is 9.53 Å². The van der Waals surface area contributed by atoms with Crippen LogP contribution in [0.4, 0.5) is 5.69 Å². The minimum absolute atomic E-state index is 0. The Balaban J connectivity index is 0.00000264. The molecular weight excluding hydrogens is 312 g/mol. The minimum atomic E-state index is -0.118. The molecule has 0 aliphatic carbocycles. The second-order valence-corrected chi connectivity index (χ2v) is 5.57. The van der Waals surface area contributed by atoms with Crippen molar-refractivity contribution in [1.29, 1.82) is 0 Å². The molecule has 0 unspecified atom stereocenters. The molecule has 4 nitrogen and oxygen atoms in total. The summed E-state index contributed by atoms with van der Waals surface area (Å²) in [6.45, 7) is 6.34. The lowest BCUT2D eigenvalue weighted by atomic mass is 10.1.